The fourth-order valence-corrected chi connectivity index (χ4v) is 3.35. The number of carboxylic acids is 1. The molecule has 0 aliphatic heterocycles. The Labute approximate surface area is 121 Å². The van der Waals surface area contributed by atoms with Crippen molar-refractivity contribution in [2.24, 2.45) is 0 Å². The van der Waals surface area contributed by atoms with E-state index in [1.807, 2.05) is 13.8 Å². The van der Waals surface area contributed by atoms with Gasteiger partial charge in [0.1, 0.15) is 5.54 Å². The number of likely N-dealkylation sites (N-methyl/N-ethyl adjacent to an activating group) is 1. The van der Waals surface area contributed by atoms with E-state index >= 15 is 0 Å². The fourth-order valence-electron chi connectivity index (χ4n) is 3.35. The number of aryl methyl sites for hydroxylation is 1. The average Bonchev–Trinajstić information content (AvgIpc) is 2.62. The lowest BCUT2D eigenvalue weighted by Gasteiger charge is -2.41. The quantitative estimate of drug-likeness (QED) is 0.853. The Bertz CT molecular complexity index is 482. The first-order valence-electron chi connectivity index (χ1n) is 7.56. The number of hydrogen-bond acceptors (Lipinski definition) is 2. The van der Waals surface area contributed by atoms with E-state index in [4.69, 9.17) is 0 Å². The molecule has 1 aromatic rings. The van der Waals surface area contributed by atoms with Gasteiger partial charge < -0.3 is 5.11 Å². The van der Waals surface area contributed by atoms with Crippen molar-refractivity contribution in [3.8, 4) is 0 Å². The predicted molar refractivity (Wildman–Crippen MR) is 80.8 cm³/mol. The molecule has 0 saturated carbocycles. The minimum atomic E-state index is -0.836. The second-order valence-electron chi connectivity index (χ2n) is 6.11. The van der Waals surface area contributed by atoms with Crippen LogP contribution in [0.15, 0.2) is 24.3 Å². The topological polar surface area (TPSA) is 40.5 Å². The SMILES string of the molecule is CCN(C1CCCCc2ccccc21)C(C)(C)C(=O)O. The van der Waals surface area contributed by atoms with Gasteiger partial charge in [-0.05, 0) is 50.8 Å². The van der Waals surface area contributed by atoms with Crippen LogP contribution in [-0.2, 0) is 11.2 Å². The van der Waals surface area contributed by atoms with E-state index < -0.39 is 11.5 Å². The van der Waals surface area contributed by atoms with E-state index in [1.54, 1.807) is 0 Å². The summed E-state index contributed by atoms with van der Waals surface area (Å²) < 4.78 is 0. The summed E-state index contributed by atoms with van der Waals surface area (Å²) >= 11 is 0. The van der Waals surface area contributed by atoms with Crippen molar-refractivity contribution in [2.45, 2.75) is 58.0 Å². The zero-order valence-electron chi connectivity index (χ0n) is 12.7. The van der Waals surface area contributed by atoms with Gasteiger partial charge in [0.15, 0.2) is 0 Å². The number of nitrogens with zero attached hydrogens (tertiary/aromatic N) is 1. The highest BCUT2D eigenvalue weighted by molar-refractivity contribution is 5.77. The van der Waals surface area contributed by atoms with Gasteiger partial charge in [-0.1, -0.05) is 37.6 Å². The molecule has 1 aliphatic carbocycles. The second-order valence-corrected chi connectivity index (χ2v) is 6.11. The Balaban J connectivity index is 2.42. The molecule has 1 aromatic carbocycles. The molecule has 3 heteroatoms. The van der Waals surface area contributed by atoms with Crippen molar-refractivity contribution in [1.29, 1.82) is 0 Å². The summed E-state index contributed by atoms with van der Waals surface area (Å²) in [6, 6.07) is 8.73. The zero-order chi connectivity index (χ0) is 14.8. The minimum Gasteiger partial charge on any atom is -0.480 e. The lowest BCUT2D eigenvalue weighted by molar-refractivity contribution is -0.151. The Morgan fingerprint density at radius 3 is 2.70 bits per heavy atom. The van der Waals surface area contributed by atoms with Gasteiger partial charge >= 0.3 is 5.97 Å². The van der Waals surface area contributed by atoms with E-state index in [0.717, 1.165) is 25.8 Å². The van der Waals surface area contributed by atoms with Gasteiger partial charge in [0, 0.05) is 6.04 Å². The summed E-state index contributed by atoms with van der Waals surface area (Å²) in [5.41, 5.74) is 1.87. The number of fused-ring (bicyclic) bond motifs is 1. The average molecular weight is 275 g/mol. The van der Waals surface area contributed by atoms with Crippen molar-refractivity contribution in [3.05, 3.63) is 35.4 Å². The molecular weight excluding hydrogens is 250 g/mol. The predicted octanol–water partition coefficient (Wildman–Crippen LogP) is 3.64. The molecule has 0 fully saturated rings. The van der Waals surface area contributed by atoms with E-state index in [0.29, 0.717) is 0 Å². The van der Waals surface area contributed by atoms with Crippen LogP contribution in [0.25, 0.3) is 0 Å². The fraction of sp³-hybridized carbons (Fsp3) is 0.588. The molecule has 1 aliphatic rings. The van der Waals surface area contributed by atoms with Crippen LogP contribution in [0.4, 0.5) is 0 Å². The normalized spacial score (nSPS) is 19.5. The summed E-state index contributed by atoms with van der Waals surface area (Å²) in [6.07, 6.45) is 4.50. The molecule has 0 heterocycles. The Hall–Kier alpha value is -1.35. The number of benzene rings is 1. The maximum Gasteiger partial charge on any atom is 0.323 e. The highest BCUT2D eigenvalue weighted by atomic mass is 16.4. The van der Waals surface area contributed by atoms with Crippen LogP contribution in [0.1, 0.15) is 57.2 Å². The molecule has 1 unspecified atom stereocenters. The maximum atomic E-state index is 11.6. The van der Waals surface area contributed by atoms with E-state index in [-0.39, 0.29) is 6.04 Å². The van der Waals surface area contributed by atoms with Gasteiger partial charge in [0.2, 0.25) is 0 Å². The van der Waals surface area contributed by atoms with Crippen LogP contribution in [0, 0.1) is 0 Å². The van der Waals surface area contributed by atoms with Gasteiger partial charge in [-0.3, -0.25) is 9.69 Å². The highest BCUT2D eigenvalue weighted by Crippen LogP contribution is 2.36. The van der Waals surface area contributed by atoms with Gasteiger partial charge in [0.25, 0.3) is 0 Å². The molecule has 20 heavy (non-hydrogen) atoms. The molecular formula is C17H25NO2. The molecule has 110 valence electrons. The molecule has 2 rings (SSSR count). The Kier molecular flexibility index (Phi) is 4.48. The molecule has 0 radical (unpaired) electrons. The van der Waals surface area contributed by atoms with Crippen LogP contribution < -0.4 is 0 Å². The summed E-state index contributed by atoms with van der Waals surface area (Å²) in [5.74, 6) is -0.749. The number of rotatable bonds is 4. The third-order valence-corrected chi connectivity index (χ3v) is 4.55. The van der Waals surface area contributed by atoms with Crippen LogP contribution >= 0.6 is 0 Å². The summed E-state index contributed by atoms with van der Waals surface area (Å²) in [4.78, 5) is 13.8. The van der Waals surface area contributed by atoms with Gasteiger partial charge in [-0.2, -0.15) is 0 Å². The number of carbonyl (C=O) groups is 1. The lowest BCUT2D eigenvalue weighted by Crippen LogP contribution is -2.51. The van der Waals surface area contributed by atoms with Gasteiger partial charge in [-0.15, -0.1) is 0 Å². The summed E-state index contributed by atoms with van der Waals surface area (Å²) in [5, 5.41) is 9.55. The highest BCUT2D eigenvalue weighted by Gasteiger charge is 2.39. The Morgan fingerprint density at radius 2 is 2.05 bits per heavy atom. The standard InChI is InChI=1S/C17H25NO2/c1-4-18(17(2,3)16(19)20)15-12-8-6-10-13-9-5-7-11-14(13)15/h5,7,9,11,15H,4,6,8,10,12H2,1-3H3,(H,19,20). The van der Waals surface area contributed by atoms with Gasteiger partial charge in [0.05, 0.1) is 0 Å². The number of aliphatic carboxylic acids is 1. The van der Waals surface area contributed by atoms with Crippen LogP contribution in [-0.4, -0.2) is 28.1 Å². The number of hydrogen-bond donors (Lipinski definition) is 1. The summed E-state index contributed by atoms with van der Waals surface area (Å²) in [6.45, 7) is 6.43. The van der Waals surface area contributed by atoms with E-state index in [1.165, 1.54) is 17.5 Å². The smallest absolute Gasteiger partial charge is 0.323 e. The first-order valence-corrected chi connectivity index (χ1v) is 7.56. The molecule has 0 aromatic heterocycles. The maximum absolute atomic E-state index is 11.6. The van der Waals surface area contributed by atoms with Crippen molar-refractivity contribution in [3.63, 3.8) is 0 Å². The van der Waals surface area contributed by atoms with Crippen LogP contribution in [0.3, 0.4) is 0 Å². The zero-order valence-corrected chi connectivity index (χ0v) is 12.7. The van der Waals surface area contributed by atoms with Crippen LogP contribution in [0.5, 0.6) is 0 Å². The first kappa shape index (κ1) is 15.0. The minimum absolute atomic E-state index is 0.213. The summed E-state index contributed by atoms with van der Waals surface area (Å²) in [7, 11) is 0. The Morgan fingerprint density at radius 1 is 1.35 bits per heavy atom. The largest absolute Gasteiger partial charge is 0.480 e. The van der Waals surface area contributed by atoms with Crippen molar-refractivity contribution in [1.82, 2.24) is 4.90 Å². The molecule has 1 N–H and O–H groups in total. The molecule has 1 atom stereocenters. The van der Waals surface area contributed by atoms with Gasteiger partial charge in [-0.25, -0.2) is 0 Å². The molecule has 3 nitrogen and oxygen atoms in total. The first-order chi connectivity index (χ1) is 9.48. The van der Waals surface area contributed by atoms with E-state index in [9.17, 15) is 9.90 Å². The van der Waals surface area contributed by atoms with Crippen molar-refractivity contribution < 1.29 is 9.90 Å². The molecule has 0 amide bonds. The van der Waals surface area contributed by atoms with Crippen LogP contribution in [0.2, 0.25) is 0 Å². The molecule has 0 spiro atoms. The van der Waals surface area contributed by atoms with Crippen molar-refractivity contribution in [2.75, 3.05) is 6.54 Å². The molecule has 0 bridgehead atoms. The lowest BCUT2D eigenvalue weighted by atomic mass is 9.92. The third-order valence-electron chi connectivity index (χ3n) is 4.55. The van der Waals surface area contributed by atoms with E-state index in [2.05, 4.69) is 36.1 Å². The monoisotopic (exact) mass is 275 g/mol. The van der Waals surface area contributed by atoms with Crippen molar-refractivity contribution >= 4 is 5.97 Å². The number of carboxylic acid groups (broad SMARTS) is 1. The second kappa shape index (κ2) is 5.96. The third kappa shape index (κ3) is 2.73. The molecule has 0 saturated heterocycles.